The van der Waals surface area contributed by atoms with Crippen molar-refractivity contribution in [1.82, 2.24) is 5.32 Å². The molecule has 19 heavy (non-hydrogen) atoms. The van der Waals surface area contributed by atoms with Crippen LogP contribution in [0, 0.1) is 5.92 Å². The minimum absolute atomic E-state index is 0.161. The Labute approximate surface area is 123 Å². The van der Waals surface area contributed by atoms with Gasteiger partial charge in [-0.3, -0.25) is 0 Å². The Bertz CT molecular complexity index is 428. The molecule has 0 aliphatic heterocycles. The van der Waals surface area contributed by atoms with Crippen LogP contribution in [0.15, 0.2) is 22.7 Å². The van der Waals surface area contributed by atoms with E-state index < -0.39 is 0 Å². The lowest BCUT2D eigenvalue weighted by atomic mass is 9.77. The van der Waals surface area contributed by atoms with E-state index in [0.717, 1.165) is 41.6 Å². The van der Waals surface area contributed by atoms with Gasteiger partial charge < -0.3 is 15.5 Å². The van der Waals surface area contributed by atoms with Crippen molar-refractivity contribution in [1.29, 1.82) is 0 Å². The monoisotopic (exact) mass is 327 g/mol. The van der Waals surface area contributed by atoms with Gasteiger partial charge in [-0.15, -0.1) is 0 Å². The van der Waals surface area contributed by atoms with Crippen LogP contribution in [0.3, 0.4) is 0 Å². The summed E-state index contributed by atoms with van der Waals surface area (Å²) >= 11 is 3.41. The Balaban J connectivity index is 2.01. The van der Waals surface area contributed by atoms with Crippen LogP contribution in [0.25, 0.3) is 0 Å². The lowest BCUT2D eigenvalue weighted by Gasteiger charge is -2.39. The summed E-state index contributed by atoms with van der Waals surface area (Å²) in [6, 6.07) is 5.43. The summed E-state index contributed by atoms with van der Waals surface area (Å²) in [7, 11) is 0. The molecule has 2 rings (SSSR count). The lowest BCUT2D eigenvalue weighted by Crippen LogP contribution is -2.50. The third kappa shape index (κ3) is 3.71. The number of hydrogen-bond acceptors (Lipinski definition) is 3. The van der Waals surface area contributed by atoms with Crippen molar-refractivity contribution < 1.29 is 10.2 Å². The number of aliphatic hydroxyl groups is 1. The quantitative estimate of drug-likeness (QED) is 0.796. The molecular weight excluding hydrogens is 306 g/mol. The minimum Gasteiger partial charge on any atom is -0.508 e. The van der Waals surface area contributed by atoms with Crippen LogP contribution < -0.4 is 5.32 Å². The first kappa shape index (κ1) is 14.8. The molecule has 1 aromatic carbocycles. The Morgan fingerprint density at radius 2 is 2.05 bits per heavy atom. The second kappa shape index (κ2) is 6.25. The largest absolute Gasteiger partial charge is 0.508 e. The van der Waals surface area contributed by atoms with Crippen LogP contribution in [-0.2, 0) is 6.54 Å². The van der Waals surface area contributed by atoms with Gasteiger partial charge in [0.25, 0.3) is 0 Å². The van der Waals surface area contributed by atoms with E-state index in [-0.39, 0.29) is 12.1 Å². The Hall–Kier alpha value is -0.580. The predicted octanol–water partition coefficient (Wildman–Crippen LogP) is 3.19. The fourth-order valence-corrected chi connectivity index (χ4v) is 3.09. The van der Waals surface area contributed by atoms with Crippen molar-refractivity contribution in [2.75, 3.05) is 6.61 Å². The van der Waals surface area contributed by atoms with Crippen LogP contribution in [0.2, 0.25) is 0 Å². The molecule has 3 nitrogen and oxygen atoms in total. The highest BCUT2D eigenvalue weighted by atomic mass is 79.9. The maximum Gasteiger partial charge on any atom is 0.120 e. The van der Waals surface area contributed by atoms with Gasteiger partial charge in [-0.2, -0.15) is 0 Å². The standard InChI is InChI=1S/C15H22BrNO2/c1-11-4-6-15(10-18,7-5-11)17-9-12-8-13(16)2-3-14(12)19/h2-3,8,11,17-19H,4-7,9-10H2,1H3. The predicted molar refractivity (Wildman–Crippen MR) is 80.1 cm³/mol. The van der Waals surface area contributed by atoms with Gasteiger partial charge >= 0.3 is 0 Å². The summed E-state index contributed by atoms with van der Waals surface area (Å²) in [5, 5.41) is 23.0. The summed E-state index contributed by atoms with van der Waals surface area (Å²) in [4.78, 5) is 0. The van der Waals surface area contributed by atoms with E-state index in [1.807, 2.05) is 12.1 Å². The van der Waals surface area contributed by atoms with Crippen LogP contribution in [0.4, 0.5) is 0 Å². The van der Waals surface area contributed by atoms with Gasteiger partial charge in [-0.25, -0.2) is 0 Å². The summed E-state index contributed by atoms with van der Waals surface area (Å²) in [6.45, 7) is 3.01. The van der Waals surface area contributed by atoms with Crippen LogP contribution in [0.1, 0.15) is 38.2 Å². The van der Waals surface area contributed by atoms with Crippen molar-refractivity contribution in [3.63, 3.8) is 0 Å². The SMILES string of the molecule is CC1CCC(CO)(NCc2cc(Br)ccc2O)CC1. The number of nitrogens with one attached hydrogen (secondary N) is 1. The van der Waals surface area contributed by atoms with Gasteiger partial charge in [0.1, 0.15) is 5.75 Å². The molecule has 0 aromatic heterocycles. The number of rotatable bonds is 4. The number of aliphatic hydroxyl groups excluding tert-OH is 1. The van der Waals surface area contributed by atoms with Crippen molar-refractivity contribution in [2.45, 2.75) is 44.7 Å². The molecule has 1 aliphatic rings. The normalized spacial score (nSPS) is 27.4. The molecule has 1 saturated carbocycles. The number of halogens is 1. The third-order valence-corrected chi connectivity index (χ3v) is 4.72. The average Bonchev–Trinajstić information content (AvgIpc) is 2.42. The highest BCUT2D eigenvalue weighted by molar-refractivity contribution is 9.10. The number of phenols is 1. The number of phenolic OH excluding ortho intramolecular Hbond substituents is 1. The molecule has 0 bridgehead atoms. The Morgan fingerprint density at radius 3 is 2.68 bits per heavy atom. The zero-order valence-electron chi connectivity index (χ0n) is 11.3. The molecule has 4 heteroatoms. The van der Waals surface area contributed by atoms with Crippen LogP contribution in [0.5, 0.6) is 5.75 Å². The van der Waals surface area contributed by atoms with E-state index in [9.17, 15) is 10.2 Å². The molecule has 3 N–H and O–H groups in total. The Kier molecular flexibility index (Phi) is 4.87. The Morgan fingerprint density at radius 1 is 1.37 bits per heavy atom. The molecule has 0 radical (unpaired) electrons. The molecule has 1 aromatic rings. The molecule has 0 spiro atoms. The number of aromatic hydroxyl groups is 1. The van der Waals surface area contributed by atoms with Crippen LogP contribution >= 0.6 is 15.9 Å². The van der Waals surface area contributed by atoms with Gasteiger partial charge in [0.2, 0.25) is 0 Å². The van der Waals surface area contributed by atoms with Crippen molar-refractivity contribution >= 4 is 15.9 Å². The number of benzene rings is 1. The smallest absolute Gasteiger partial charge is 0.120 e. The average molecular weight is 328 g/mol. The molecule has 0 saturated heterocycles. The van der Waals surface area contributed by atoms with E-state index in [1.54, 1.807) is 6.07 Å². The first-order chi connectivity index (χ1) is 9.04. The van der Waals surface area contributed by atoms with E-state index >= 15 is 0 Å². The summed E-state index contributed by atoms with van der Waals surface area (Å²) in [5.74, 6) is 1.05. The van der Waals surface area contributed by atoms with Gasteiger partial charge in [-0.05, 0) is 49.8 Å². The van der Waals surface area contributed by atoms with E-state index in [4.69, 9.17) is 0 Å². The molecule has 106 valence electrons. The number of hydrogen-bond donors (Lipinski definition) is 3. The zero-order chi connectivity index (χ0) is 13.9. The highest BCUT2D eigenvalue weighted by Crippen LogP contribution is 2.32. The van der Waals surface area contributed by atoms with Gasteiger partial charge in [0.05, 0.1) is 6.61 Å². The molecule has 1 aliphatic carbocycles. The summed E-state index contributed by atoms with van der Waals surface area (Å²) < 4.78 is 0.956. The van der Waals surface area contributed by atoms with Crippen molar-refractivity contribution in [3.8, 4) is 5.75 Å². The molecule has 1 fully saturated rings. The summed E-state index contributed by atoms with van der Waals surface area (Å²) in [6.07, 6.45) is 4.30. The van der Waals surface area contributed by atoms with Gasteiger partial charge in [0.15, 0.2) is 0 Å². The molecule has 0 unspecified atom stereocenters. The zero-order valence-corrected chi connectivity index (χ0v) is 12.9. The van der Waals surface area contributed by atoms with E-state index in [2.05, 4.69) is 28.2 Å². The fraction of sp³-hybridized carbons (Fsp3) is 0.600. The molecule has 0 heterocycles. The minimum atomic E-state index is -0.179. The van der Waals surface area contributed by atoms with Gasteiger partial charge in [0, 0.05) is 22.1 Å². The lowest BCUT2D eigenvalue weighted by molar-refractivity contribution is 0.104. The maximum atomic E-state index is 9.84. The second-order valence-corrected chi connectivity index (χ2v) is 6.66. The first-order valence-corrected chi connectivity index (χ1v) is 7.67. The summed E-state index contributed by atoms with van der Waals surface area (Å²) in [5.41, 5.74) is 0.683. The maximum absolute atomic E-state index is 9.84. The molecule has 0 atom stereocenters. The van der Waals surface area contributed by atoms with Crippen LogP contribution in [-0.4, -0.2) is 22.4 Å². The topological polar surface area (TPSA) is 52.5 Å². The second-order valence-electron chi connectivity index (χ2n) is 5.75. The first-order valence-electron chi connectivity index (χ1n) is 6.88. The fourth-order valence-electron chi connectivity index (χ4n) is 2.68. The van der Waals surface area contributed by atoms with E-state index in [1.165, 1.54) is 0 Å². The molecular formula is C15H22BrNO2. The van der Waals surface area contributed by atoms with Crippen molar-refractivity contribution in [3.05, 3.63) is 28.2 Å². The highest BCUT2D eigenvalue weighted by Gasteiger charge is 2.33. The third-order valence-electron chi connectivity index (χ3n) is 4.23. The molecule has 0 amide bonds. The van der Waals surface area contributed by atoms with E-state index in [0.29, 0.717) is 12.3 Å². The van der Waals surface area contributed by atoms with Gasteiger partial charge in [-0.1, -0.05) is 22.9 Å². The van der Waals surface area contributed by atoms with Crippen molar-refractivity contribution in [2.24, 2.45) is 5.92 Å².